The number of nitrogens with zero attached hydrogens (tertiary/aromatic N) is 4. The van der Waals surface area contributed by atoms with Gasteiger partial charge in [0.25, 0.3) is 0 Å². The topological polar surface area (TPSA) is 65.5 Å². The number of imidazole rings is 2. The molecule has 8 rings (SSSR count). The van der Waals surface area contributed by atoms with Crippen molar-refractivity contribution in [1.29, 1.82) is 0 Å². The third-order valence-electron chi connectivity index (χ3n) is 7.11. The van der Waals surface area contributed by atoms with Crippen molar-refractivity contribution in [2.24, 2.45) is 0 Å². The first kappa shape index (κ1) is 20.8. The fourth-order valence-corrected chi connectivity index (χ4v) is 5.46. The largest absolute Gasteiger partial charge is 0.323 e. The van der Waals surface area contributed by atoms with Gasteiger partial charge in [-0.15, -0.1) is 0 Å². The molecule has 6 heteroatoms. The fourth-order valence-electron chi connectivity index (χ4n) is 5.46. The second-order valence-corrected chi connectivity index (χ2v) is 9.35. The number of fused-ring (bicyclic) bond motifs is 5. The lowest BCUT2D eigenvalue weighted by atomic mass is 10.1. The number of aromatic nitrogens is 5. The van der Waals surface area contributed by atoms with Crippen LogP contribution in [0.4, 0.5) is 17.6 Å². The van der Waals surface area contributed by atoms with Gasteiger partial charge in [0.1, 0.15) is 0 Å². The molecule has 8 aromatic rings. The van der Waals surface area contributed by atoms with Crippen LogP contribution in [0.25, 0.3) is 49.6 Å². The molecule has 6 nitrogen and oxygen atoms in total. The third-order valence-corrected chi connectivity index (χ3v) is 7.11. The van der Waals surface area contributed by atoms with Crippen LogP contribution < -0.4 is 4.90 Å². The summed E-state index contributed by atoms with van der Waals surface area (Å²) < 4.78 is 2.32. The maximum atomic E-state index is 4.99. The van der Waals surface area contributed by atoms with Gasteiger partial charge in [0, 0.05) is 16.5 Å². The smallest absolute Gasteiger partial charge is 0.215 e. The quantitative estimate of drug-likeness (QED) is 0.263. The Morgan fingerprint density at radius 1 is 0.526 bits per heavy atom. The minimum Gasteiger partial charge on any atom is -0.323 e. The average molecular weight is 491 g/mol. The molecule has 0 saturated carbocycles. The Morgan fingerprint density at radius 2 is 1.11 bits per heavy atom. The summed E-state index contributed by atoms with van der Waals surface area (Å²) in [6, 6.07) is 41.7. The molecule has 0 bridgehead atoms. The van der Waals surface area contributed by atoms with Gasteiger partial charge in [0.2, 0.25) is 11.9 Å². The van der Waals surface area contributed by atoms with Gasteiger partial charge in [-0.1, -0.05) is 66.7 Å². The standard InChI is InChI=1S/C32H22N6/c1-2-11-21(12-3-1)37-27-18-9-4-13-22(27)30-28(37)19-10-20-29(30)38(31-33-23-14-5-6-15-24(23)34-31)32-35-25-16-7-8-17-26(25)36-32/h1-20H,(H,33,34)(H,35,36). The van der Waals surface area contributed by atoms with E-state index in [-0.39, 0.29) is 0 Å². The Labute approximate surface area is 217 Å². The molecule has 2 N–H and O–H groups in total. The Bertz CT molecular complexity index is 1960. The predicted octanol–water partition coefficient (Wildman–Crippen LogP) is 8.01. The average Bonchev–Trinajstić information content (AvgIpc) is 3.67. The third kappa shape index (κ3) is 3.07. The van der Waals surface area contributed by atoms with Crippen LogP contribution in [0.15, 0.2) is 121 Å². The Kier molecular flexibility index (Phi) is 4.42. The molecule has 38 heavy (non-hydrogen) atoms. The van der Waals surface area contributed by atoms with E-state index < -0.39 is 0 Å². The highest BCUT2D eigenvalue weighted by molar-refractivity contribution is 6.16. The van der Waals surface area contributed by atoms with Crippen molar-refractivity contribution in [1.82, 2.24) is 24.5 Å². The zero-order chi connectivity index (χ0) is 25.1. The number of hydrogen-bond donors (Lipinski definition) is 2. The molecule has 180 valence electrons. The van der Waals surface area contributed by atoms with Crippen LogP contribution in [-0.4, -0.2) is 24.5 Å². The van der Waals surface area contributed by atoms with Crippen LogP contribution in [0.5, 0.6) is 0 Å². The van der Waals surface area contributed by atoms with E-state index in [1.54, 1.807) is 0 Å². The molecule has 0 aliphatic heterocycles. The van der Waals surface area contributed by atoms with Crippen molar-refractivity contribution in [2.45, 2.75) is 0 Å². The van der Waals surface area contributed by atoms with E-state index in [4.69, 9.17) is 9.97 Å². The van der Waals surface area contributed by atoms with Gasteiger partial charge in [0.05, 0.1) is 38.8 Å². The van der Waals surface area contributed by atoms with Gasteiger partial charge < -0.3 is 14.5 Å². The summed E-state index contributed by atoms with van der Waals surface area (Å²) in [4.78, 5) is 19.2. The van der Waals surface area contributed by atoms with Crippen LogP contribution in [0, 0.1) is 0 Å². The number of benzene rings is 5. The van der Waals surface area contributed by atoms with Crippen molar-refractivity contribution < 1.29 is 0 Å². The van der Waals surface area contributed by atoms with E-state index in [1.807, 2.05) is 54.6 Å². The summed E-state index contributed by atoms with van der Waals surface area (Å²) in [6.45, 7) is 0. The molecule has 0 saturated heterocycles. The lowest BCUT2D eigenvalue weighted by Crippen LogP contribution is -2.13. The molecule has 0 spiro atoms. The Balaban J connectivity index is 1.47. The number of rotatable bonds is 4. The van der Waals surface area contributed by atoms with Crippen molar-refractivity contribution in [3.05, 3.63) is 121 Å². The van der Waals surface area contributed by atoms with Gasteiger partial charge in [0.15, 0.2) is 0 Å². The first-order valence-electron chi connectivity index (χ1n) is 12.6. The van der Waals surface area contributed by atoms with Gasteiger partial charge in [-0.25, -0.2) is 14.9 Å². The minimum atomic E-state index is 0.703. The molecule has 0 aliphatic rings. The normalized spacial score (nSPS) is 11.7. The van der Waals surface area contributed by atoms with Crippen LogP contribution >= 0.6 is 0 Å². The second kappa shape index (κ2) is 8.08. The monoisotopic (exact) mass is 490 g/mol. The summed E-state index contributed by atoms with van der Waals surface area (Å²) in [5.74, 6) is 1.41. The molecular weight excluding hydrogens is 468 g/mol. The zero-order valence-corrected chi connectivity index (χ0v) is 20.3. The zero-order valence-electron chi connectivity index (χ0n) is 20.3. The molecule has 3 aromatic heterocycles. The Hall–Kier alpha value is -5.36. The number of hydrogen-bond acceptors (Lipinski definition) is 3. The summed E-state index contributed by atoms with van der Waals surface area (Å²) in [6.07, 6.45) is 0. The van der Waals surface area contributed by atoms with Gasteiger partial charge in [-0.2, -0.15) is 0 Å². The molecule has 0 amide bonds. The summed E-state index contributed by atoms with van der Waals surface area (Å²) >= 11 is 0. The van der Waals surface area contributed by atoms with Crippen molar-refractivity contribution >= 4 is 61.5 Å². The predicted molar refractivity (Wildman–Crippen MR) is 155 cm³/mol. The van der Waals surface area contributed by atoms with E-state index in [1.165, 1.54) is 5.39 Å². The molecule has 5 aromatic carbocycles. The van der Waals surface area contributed by atoms with Crippen LogP contribution in [0.3, 0.4) is 0 Å². The second-order valence-electron chi connectivity index (χ2n) is 9.35. The van der Waals surface area contributed by atoms with E-state index in [0.717, 1.165) is 49.9 Å². The molecule has 0 radical (unpaired) electrons. The summed E-state index contributed by atoms with van der Waals surface area (Å²) in [5.41, 5.74) is 8.14. The number of H-pyrrole nitrogens is 2. The number of anilines is 3. The molecule has 3 heterocycles. The van der Waals surface area contributed by atoms with Gasteiger partial charge in [-0.05, 0) is 54.6 Å². The molecule has 0 unspecified atom stereocenters. The van der Waals surface area contributed by atoms with Crippen molar-refractivity contribution in [3.8, 4) is 5.69 Å². The summed E-state index contributed by atoms with van der Waals surface area (Å²) in [7, 11) is 0. The van der Waals surface area contributed by atoms with E-state index in [2.05, 4.69) is 86.2 Å². The Morgan fingerprint density at radius 3 is 1.79 bits per heavy atom. The highest BCUT2D eigenvalue weighted by Crippen LogP contribution is 2.42. The van der Waals surface area contributed by atoms with E-state index in [0.29, 0.717) is 11.9 Å². The fraction of sp³-hybridized carbons (Fsp3) is 0. The van der Waals surface area contributed by atoms with Crippen molar-refractivity contribution in [2.75, 3.05) is 4.90 Å². The van der Waals surface area contributed by atoms with Crippen LogP contribution in [0.1, 0.15) is 0 Å². The molecule has 0 atom stereocenters. The van der Waals surface area contributed by atoms with Crippen LogP contribution in [-0.2, 0) is 0 Å². The lowest BCUT2D eigenvalue weighted by Gasteiger charge is -2.20. The van der Waals surface area contributed by atoms with Gasteiger partial charge >= 0.3 is 0 Å². The number of para-hydroxylation sites is 6. The van der Waals surface area contributed by atoms with Crippen LogP contribution in [0.2, 0.25) is 0 Å². The van der Waals surface area contributed by atoms with E-state index >= 15 is 0 Å². The maximum absolute atomic E-state index is 4.99. The van der Waals surface area contributed by atoms with E-state index in [9.17, 15) is 0 Å². The highest BCUT2D eigenvalue weighted by Gasteiger charge is 2.24. The molecule has 0 fully saturated rings. The number of nitrogens with one attached hydrogen (secondary N) is 2. The molecule has 0 aliphatic carbocycles. The summed E-state index contributed by atoms with van der Waals surface area (Å²) in [5, 5.41) is 2.30. The first-order valence-corrected chi connectivity index (χ1v) is 12.6. The van der Waals surface area contributed by atoms with Gasteiger partial charge in [-0.3, -0.25) is 0 Å². The minimum absolute atomic E-state index is 0.703. The molecular formula is C32H22N6. The SMILES string of the molecule is c1ccc(-n2c3ccccc3c3c(N(c4nc5ccccc5[nH]4)c4nc5ccccc5[nH]4)cccc32)cc1. The maximum Gasteiger partial charge on any atom is 0.215 e. The highest BCUT2D eigenvalue weighted by atomic mass is 15.3. The number of aromatic amines is 2. The lowest BCUT2D eigenvalue weighted by molar-refractivity contribution is 1.10. The first-order chi connectivity index (χ1) is 18.8. The van der Waals surface area contributed by atoms with Crippen molar-refractivity contribution in [3.63, 3.8) is 0 Å².